The first kappa shape index (κ1) is 14.6. The van der Waals surface area contributed by atoms with Crippen molar-refractivity contribution < 1.29 is 9.53 Å². The average Bonchev–Trinajstić information content (AvgIpc) is 2.49. The lowest BCUT2D eigenvalue weighted by Crippen LogP contribution is -2.49. The first-order valence-electron chi connectivity index (χ1n) is 7.23. The molecule has 2 rings (SSSR count). The van der Waals surface area contributed by atoms with E-state index in [1.807, 2.05) is 30.9 Å². The number of amides is 1. The van der Waals surface area contributed by atoms with Gasteiger partial charge in [0.25, 0.3) is 0 Å². The highest BCUT2D eigenvalue weighted by Gasteiger charge is 2.21. The van der Waals surface area contributed by atoms with Crippen molar-refractivity contribution in [3.63, 3.8) is 0 Å². The number of hydrogen-bond acceptors (Lipinski definition) is 5. The van der Waals surface area contributed by atoms with Gasteiger partial charge in [0.1, 0.15) is 0 Å². The summed E-state index contributed by atoms with van der Waals surface area (Å²) in [7, 11) is 0. The van der Waals surface area contributed by atoms with Crippen LogP contribution in [-0.4, -0.2) is 53.8 Å². The van der Waals surface area contributed by atoms with Gasteiger partial charge in [-0.2, -0.15) is 0 Å². The first-order chi connectivity index (χ1) is 9.74. The summed E-state index contributed by atoms with van der Waals surface area (Å²) in [5, 5.41) is 8.21. The van der Waals surface area contributed by atoms with Gasteiger partial charge < -0.3 is 14.5 Å². The number of nitrogens with zero attached hydrogens (tertiary/aromatic N) is 4. The molecule has 1 amide bonds. The van der Waals surface area contributed by atoms with E-state index in [1.165, 1.54) is 0 Å². The fourth-order valence-corrected chi connectivity index (χ4v) is 2.26. The molecule has 0 unspecified atom stereocenters. The molecule has 0 spiro atoms. The third kappa shape index (κ3) is 3.59. The smallest absolute Gasteiger partial charge is 0.233 e. The summed E-state index contributed by atoms with van der Waals surface area (Å²) < 4.78 is 5.28. The summed E-state index contributed by atoms with van der Waals surface area (Å²) in [6, 6.07) is 3.75. The molecule has 0 saturated carbocycles. The Hall–Kier alpha value is -1.85. The van der Waals surface area contributed by atoms with Gasteiger partial charge in [0, 0.05) is 38.7 Å². The third-order valence-corrected chi connectivity index (χ3v) is 3.34. The molecule has 1 aliphatic heterocycles. The van der Waals surface area contributed by atoms with Crippen LogP contribution in [0.5, 0.6) is 5.88 Å². The molecular formula is C14H22N4O2. The third-order valence-electron chi connectivity index (χ3n) is 3.34. The Kier molecular flexibility index (Phi) is 5.15. The van der Waals surface area contributed by atoms with Crippen molar-refractivity contribution in [1.29, 1.82) is 0 Å². The molecule has 1 aromatic rings. The highest BCUT2D eigenvalue weighted by Crippen LogP contribution is 2.15. The van der Waals surface area contributed by atoms with E-state index in [1.54, 1.807) is 0 Å². The Morgan fingerprint density at radius 3 is 2.50 bits per heavy atom. The fourth-order valence-electron chi connectivity index (χ4n) is 2.26. The lowest BCUT2D eigenvalue weighted by Gasteiger charge is -2.35. The molecule has 6 nitrogen and oxygen atoms in total. The van der Waals surface area contributed by atoms with Crippen molar-refractivity contribution in [3.8, 4) is 5.88 Å². The van der Waals surface area contributed by atoms with Crippen molar-refractivity contribution in [2.24, 2.45) is 0 Å². The highest BCUT2D eigenvalue weighted by molar-refractivity contribution is 5.76. The van der Waals surface area contributed by atoms with E-state index in [2.05, 4.69) is 15.1 Å². The van der Waals surface area contributed by atoms with E-state index in [9.17, 15) is 4.79 Å². The van der Waals surface area contributed by atoms with Gasteiger partial charge in [0.15, 0.2) is 5.82 Å². The second kappa shape index (κ2) is 7.07. The minimum absolute atomic E-state index is 0.255. The number of piperazine rings is 1. The summed E-state index contributed by atoms with van der Waals surface area (Å²) >= 11 is 0. The van der Waals surface area contributed by atoms with Crippen molar-refractivity contribution >= 4 is 11.7 Å². The number of aromatic nitrogens is 2. The van der Waals surface area contributed by atoms with Crippen LogP contribution in [0.25, 0.3) is 0 Å². The van der Waals surface area contributed by atoms with Crippen LogP contribution in [0.15, 0.2) is 12.1 Å². The van der Waals surface area contributed by atoms with E-state index < -0.39 is 0 Å². The minimum Gasteiger partial charge on any atom is -0.477 e. The maximum atomic E-state index is 11.8. The van der Waals surface area contributed by atoms with Crippen LogP contribution in [0.1, 0.15) is 26.7 Å². The van der Waals surface area contributed by atoms with Crippen LogP contribution in [-0.2, 0) is 4.79 Å². The van der Waals surface area contributed by atoms with Crippen LogP contribution in [0.4, 0.5) is 5.82 Å². The Bertz CT molecular complexity index is 427. The molecule has 1 fully saturated rings. The molecule has 20 heavy (non-hydrogen) atoms. The topological polar surface area (TPSA) is 58.6 Å². The van der Waals surface area contributed by atoms with Gasteiger partial charge in [-0.1, -0.05) is 6.92 Å². The monoisotopic (exact) mass is 278 g/mol. The highest BCUT2D eigenvalue weighted by atomic mass is 16.5. The molecule has 6 heteroatoms. The maximum Gasteiger partial charge on any atom is 0.233 e. The summed E-state index contributed by atoms with van der Waals surface area (Å²) in [5.74, 6) is 1.65. The summed E-state index contributed by atoms with van der Waals surface area (Å²) in [4.78, 5) is 15.9. The molecular weight excluding hydrogens is 256 g/mol. The van der Waals surface area contributed by atoms with E-state index in [0.29, 0.717) is 18.9 Å². The number of rotatable bonds is 5. The van der Waals surface area contributed by atoms with Crippen molar-refractivity contribution in [2.45, 2.75) is 26.7 Å². The van der Waals surface area contributed by atoms with Gasteiger partial charge >= 0.3 is 0 Å². The van der Waals surface area contributed by atoms with Crippen molar-refractivity contribution in [2.75, 3.05) is 37.7 Å². The van der Waals surface area contributed by atoms with Gasteiger partial charge in [0.2, 0.25) is 11.8 Å². The predicted octanol–water partition coefficient (Wildman–Crippen LogP) is 1.32. The molecule has 1 aliphatic rings. The van der Waals surface area contributed by atoms with Gasteiger partial charge in [-0.3, -0.25) is 4.79 Å². The Balaban J connectivity index is 1.88. The number of hydrogen-bond donors (Lipinski definition) is 0. The summed E-state index contributed by atoms with van der Waals surface area (Å²) in [5.41, 5.74) is 0. The Morgan fingerprint density at radius 2 is 1.95 bits per heavy atom. The maximum absolute atomic E-state index is 11.8. The Labute approximate surface area is 119 Å². The average molecular weight is 278 g/mol. The number of ether oxygens (including phenoxy) is 1. The second-order valence-electron chi connectivity index (χ2n) is 4.78. The fraction of sp³-hybridized carbons (Fsp3) is 0.643. The SMILES string of the molecule is CCCC(=O)N1CCN(c2ccc(OCC)nn2)CC1. The molecule has 2 heterocycles. The van der Waals surface area contributed by atoms with Crippen LogP contribution in [0.3, 0.4) is 0 Å². The zero-order chi connectivity index (χ0) is 14.4. The number of anilines is 1. The molecule has 0 atom stereocenters. The van der Waals surface area contributed by atoms with E-state index in [-0.39, 0.29) is 5.91 Å². The lowest BCUT2D eigenvalue weighted by molar-refractivity contribution is -0.131. The van der Waals surface area contributed by atoms with E-state index in [4.69, 9.17) is 4.74 Å². The molecule has 0 aliphatic carbocycles. The summed E-state index contributed by atoms with van der Waals surface area (Å²) in [6.07, 6.45) is 1.55. The molecule has 1 saturated heterocycles. The van der Waals surface area contributed by atoms with Crippen LogP contribution in [0, 0.1) is 0 Å². The molecule has 0 bridgehead atoms. The zero-order valence-electron chi connectivity index (χ0n) is 12.2. The lowest BCUT2D eigenvalue weighted by atomic mass is 10.2. The van der Waals surface area contributed by atoms with Gasteiger partial charge in [-0.05, 0) is 19.4 Å². The summed E-state index contributed by atoms with van der Waals surface area (Å²) in [6.45, 7) is 7.66. The largest absolute Gasteiger partial charge is 0.477 e. The van der Waals surface area contributed by atoms with Crippen LogP contribution >= 0.6 is 0 Å². The van der Waals surface area contributed by atoms with Gasteiger partial charge in [0.05, 0.1) is 6.61 Å². The quantitative estimate of drug-likeness (QED) is 0.813. The number of carbonyl (C=O) groups is 1. The number of carbonyl (C=O) groups excluding carboxylic acids is 1. The molecule has 0 N–H and O–H groups in total. The van der Waals surface area contributed by atoms with Crippen molar-refractivity contribution in [3.05, 3.63) is 12.1 Å². The van der Waals surface area contributed by atoms with Gasteiger partial charge in [-0.25, -0.2) is 0 Å². The van der Waals surface area contributed by atoms with Crippen LogP contribution in [0.2, 0.25) is 0 Å². The van der Waals surface area contributed by atoms with Crippen molar-refractivity contribution in [1.82, 2.24) is 15.1 Å². The van der Waals surface area contributed by atoms with Crippen LogP contribution < -0.4 is 9.64 Å². The second-order valence-corrected chi connectivity index (χ2v) is 4.78. The minimum atomic E-state index is 0.255. The predicted molar refractivity (Wildman–Crippen MR) is 76.9 cm³/mol. The molecule has 1 aromatic heterocycles. The first-order valence-corrected chi connectivity index (χ1v) is 7.23. The standard InChI is InChI=1S/C14H22N4O2/c1-3-5-14(19)18-10-8-17(9-11-18)12-6-7-13(16-15-12)20-4-2/h6-7H,3-5,8-11H2,1-2H3. The molecule has 110 valence electrons. The Morgan fingerprint density at radius 1 is 1.20 bits per heavy atom. The molecule has 0 radical (unpaired) electrons. The van der Waals surface area contributed by atoms with E-state index in [0.717, 1.165) is 38.4 Å². The molecule has 0 aromatic carbocycles. The normalized spacial score (nSPS) is 15.3. The van der Waals surface area contributed by atoms with Gasteiger partial charge in [-0.15, -0.1) is 10.2 Å². The van der Waals surface area contributed by atoms with E-state index >= 15 is 0 Å². The zero-order valence-corrected chi connectivity index (χ0v) is 12.2.